The summed E-state index contributed by atoms with van der Waals surface area (Å²) in [5.74, 6) is -1.74. The lowest BCUT2D eigenvalue weighted by molar-refractivity contribution is -0.140. The predicted molar refractivity (Wildman–Crippen MR) is 37.2 cm³/mol. The van der Waals surface area contributed by atoms with Gasteiger partial charge < -0.3 is 20.6 Å². The van der Waals surface area contributed by atoms with Gasteiger partial charge in [-0.1, -0.05) is 0 Å². The first-order valence-electron chi connectivity index (χ1n) is 3.00. The Kier molecular flexibility index (Phi) is 3.51. The summed E-state index contributed by atoms with van der Waals surface area (Å²) < 4.78 is 35.0. The molecule has 13 heavy (non-hydrogen) atoms. The van der Waals surface area contributed by atoms with Gasteiger partial charge in [0.15, 0.2) is 0 Å². The van der Waals surface area contributed by atoms with Crippen molar-refractivity contribution >= 4 is 13.6 Å². The zero-order valence-corrected chi connectivity index (χ0v) is 7.12. The van der Waals surface area contributed by atoms with Gasteiger partial charge in [0.05, 0.1) is 0 Å². The highest BCUT2D eigenvalue weighted by Crippen LogP contribution is 2.54. The minimum Gasteiger partial charge on any atom is -0.480 e. The third-order valence-electron chi connectivity index (χ3n) is 1.21. The smallest absolute Gasteiger partial charge is 0.394 e. The zero-order chi connectivity index (χ0) is 10.9. The molecule has 0 aliphatic carbocycles. The Bertz CT molecular complexity index is 251. The molecule has 0 rings (SSSR count). The Balaban J connectivity index is 4.52. The first kappa shape index (κ1) is 12.4. The SMILES string of the molecule is NC(CC(F)(F)P(=O)(O)O)C(=O)O. The summed E-state index contributed by atoms with van der Waals surface area (Å²) >= 11 is 0. The molecule has 9 heteroatoms. The lowest BCUT2D eigenvalue weighted by Crippen LogP contribution is -2.36. The Morgan fingerprint density at radius 3 is 2.15 bits per heavy atom. The number of carbonyl (C=O) groups is 1. The third-order valence-corrected chi connectivity index (χ3v) is 2.24. The molecule has 1 unspecified atom stereocenters. The summed E-state index contributed by atoms with van der Waals surface area (Å²) in [7, 11) is -5.64. The molecule has 6 nitrogen and oxygen atoms in total. The fraction of sp³-hybridized carbons (Fsp3) is 0.750. The predicted octanol–water partition coefficient (Wildman–Crippen LogP) is -0.441. The van der Waals surface area contributed by atoms with E-state index in [1.54, 1.807) is 0 Å². The summed E-state index contributed by atoms with van der Waals surface area (Å²) in [5.41, 5.74) is 0.278. The van der Waals surface area contributed by atoms with Crippen LogP contribution in [0.3, 0.4) is 0 Å². The van der Waals surface area contributed by atoms with Crippen LogP contribution in [-0.4, -0.2) is 32.6 Å². The summed E-state index contributed by atoms with van der Waals surface area (Å²) in [6, 6.07) is -2.00. The number of halogens is 2. The first-order valence-corrected chi connectivity index (χ1v) is 4.61. The van der Waals surface area contributed by atoms with Crippen molar-refractivity contribution in [2.45, 2.75) is 18.1 Å². The van der Waals surface area contributed by atoms with Crippen LogP contribution >= 0.6 is 7.60 Å². The first-order chi connectivity index (χ1) is 5.58. The molecule has 0 bridgehead atoms. The number of hydrogen-bond donors (Lipinski definition) is 4. The number of rotatable bonds is 4. The third kappa shape index (κ3) is 3.35. The van der Waals surface area contributed by atoms with E-state index in [0.717, 1.165) is 0 Å². The summed E-state index contributed by atoms with van der Waals surface area (Å²) in [6.45, 7) is 0. The van der Waals surface area contributed by atoms with Crippen LogP contribution in [0.1, 0.15) is 6.42 Å². The van der Waals surface area contributed by atoms with Crippen LogP contribution in [0.4, 0.5) is 8.78 Å². The average molecular weight is 219 g/mol. The van der Waals surface area contributed by atoms with Crippen LogP contribution in [0.5, 0.6) is 0 Å². The summed E-state index contributed by atoms with van der Waals surface area (Å²) in [6.07, 6.45) is -1.59. The Hall–Kier alpha value is -0.560. The highest BCUT2D eigenvalue weighted by Gasteiger charge is 2.50. The quantitative estimate of drug-likeness (QED) is 0.475. The second-order valence-corrected chi connectivity index (χ2v) is 4.10. The lowest BCUT2D eigenvalue weighted by Gasteiger charge is -2.18. The fourth-order valence-electron chi connectivity index (χ4n) is 0.471. The van der Waals surface area contributed by atoms with Gasteiger partial charge in [0.2, 0.25) is 0 Å². The van der Waals surface area contributed by atoms with Crippen molar-refractivity contribution in [2.75, 3.05) is 0 Å². The van der Waals surface area contributed by atoms with E-state index in [4.69, 9.17) is 14.9 Å². The standard InChI is InChI=1S/C4H8F2NO5P/c5-4(6,13(10,11)12)1-2(7)3(8)9/h2H,1,7H2,(H,8,9)(H2,10,11,12). The molecule has 0 aromatic rings. The summed E-state index contributed by atoms with van der Waals surface area (Å²) in [4.78, 5) is 26.2. The van der Waals surface area contributed by atoms with Crippen LogP contribution in [0.25, 0.3) is 0 Å². The van der Waals surface area contributed by atoms with Crippen LogP contribution < -0.4 is 5.73 Å². The van der Waals surface area contributed by atoms with Gasteiger partial charge in [-0.15, -0.1) is 0 Å². The van der Waals surface area contributed by atoms with E-state index in [-0.39, 0.29) is 0 Å². The van der Waals surface area contributed by atoms with Gasteiger partial charge in [-0.25, -0.2) is 0 Å². The number of alkyl halides is 2. The minimum atomic E-state index is -5.64. The highest BCUT2D eigenvalue weighted by atomic mass is 31.2. The molecule has 5 N–H and O–H groups in total. The van der Waals surface area contributed by atoms with E-state index in [0.29, 0.717) is 0 Å². The molecular weight excluding hydrogens is 211 g/mol. The minimum absolute atomic E-state index is 1.59. The molecule has 0 aliphatic heterocycles. The highest BCUT2D eigenvalue weighted by molar-refractivity contribution is 7.53. The number of aliphatic carboxylic acids is 1. The lowest BCUT2D eigenvalue weighted by atomic mass is 10.2. The second kappa shape index (κ2) is 3.67. The van der Waals surface area contributed by atoms with Gasteiger partial charge in [-0.2, -0.15) is 8.78 Å². The van der Waals surface area contributed by atoms with Crippen molar-refractivity contribution < 1.29 is 33.0 Å². The Labute approximate surface area is 71.5 Å². The molecule has 0 amide bonds. The van der Waals surface area contributed by atoms with Gasteiger partial charge in [0.1, 0.15) is 6.04 Å². The Morgan fingerprint density at radius 1 is 1.54 bits per heavy atom. The molecule has 0 aromatic carbocycles. The monoisotopic (exact) mass is 219 g/mol. The average Bonchev–Trinajstić information content (AvgIpc) is 1.83. The van der Waals surface area contributed by atoms with Crippen LogP contribution in [0, 0.1) is 0 Å². The molecular formula is C4H8F2NO5P. The van der Waals surface area contributed by atoms with Gasteiger partial charge in [0, 0.05) is 6.42 Å². The molecule has 0 saturated carbocycles. The fourth-order valence-corrected chi connectivity index (χ4v) is 0.905. The second-order valence-electron chi connectivity index (χ2n) is 2.36. The van der Waals surface area contributed by atoms with Crippen molar-refractivity contribution in [2.24, 2.45) is 5.73 Å². The van der Waals surface area contributed by atoms with Gasteiger partial charge in [-0.3, -0.25) is 9.36 Å². The topological polar surface area (TPSA) is 121 Å². The van der Waals surface area contributed by atoms with Crippen molar-refractivity contribution in [3.63, 3.8) is 0 Å². The van der Waals surface area contributed by atoms with Crippen molar-refractivity contribution in [3.05, 3.63) is 0 Å². The summed E-state index contributed by atoms with van der Waals surface area (Å²) in [5, 5.41) is 8.10. The van der Waals surface area contributed by atoms with Crippen LogP contribution in [-0.2, 0) is 9.36 Å². The van der Waals surface area contributed by atoms with E-state index in [1.165, 1.54) is 0 Å². The molecule has 78 valence electrons. The zero-order valence-electron chi connectivity index (χ0n) is 6.22. The number of hydrogen-bond acceptors (Lipinski definition) is 3. The van der Waals surface area contributed by atoms with Gasteiger partial charge in [0.25, 0.3) is 0 Å². The molecule has 0 aliphatic rings. The maximum Gasteiger partial charge on any atom is 0.394 e. The van der Waals surface area contributed by atoms with E-state index in [2.05, 4.69) is 5.73 Å². The number of carboxylic acid groups (broad SMARTS) is 1. The van der Waals surface area contributed by atoms with E-state index in [9.17, 15) is 18.1 Å². The molecule has 0 aromatic heterocycles. The van der Waals surface area contributed by atoms with E-state index >= 15 is 0 Å². The maximum absolute atomic E-state index is 12.4. The molecule has 0 fully saturated rings. The van der Waals surface area contributed by atoms with Crippen LogP contribution in [0.2, 0.25) is 0 Å². The van der Waals surface area contributed by atoms with Crippen LogP contribution in [0.15, 0.2) is 0 Å². The van der Waals surface area contributed by atoms with Crippen molar-refractivity contribution in [1.29, 1.82) is 0 Å². The molecule has 1 atom stereocenters. The molecule has 0 spiro atoms. The largest absolute Gasteiger partial charge is 0.480 e. The van der Waals surface area contributed by atoms with Crippen molar-refractivity contribution in [3.8, 4) is 0 Å². The van der Waals surface area contributed by atoms with E-state index < -0.39 is 31.7 Å². The molecule has 0 heterocycles. The van der Waals surface area contributed by atoms with Gasteiger partial charge in [-0.05, 0) is 0 Å². The maximum atomic E-state index is 12.4. The normalized spacial score (nSPS) is 15.5. The molecule has 0 radical (unpaired) electrons. The van der Waals surface area contributed by atoms with E-state index in [1.807, 2.05) is 0 Å². The molecule has 0 saturated heterocycles. The Morgan fingerprint density at radius 2 is 1.92 bits per heavy atom. The van der Waals surface area contributed by atoms with Gasteiger partial charge >= 0.3 is 19.2 Å². The van der Waals surface area contributed by atoms with Crippen molar-refractivity contribution in [1.82, 2.24) is 0 Å². The number of carboxylic acids is 1. The number of nitrogens with two attached hydrogens (primary N) is 1.